The Morgan fingerprint density at radius 2 is 1.91 bits per heavy atom. The standard InChI is InChI=1S/C23H21ClN4O4/c1-31-19-11-17-18(12-20(19)32-2)28(13-26-17)21-7-6-16(23(29)30)22(27-21)25-9-8-14-4-3-5-15(24)10-14/h3-7,10-13H,8-9H2,1-2H3,(H,25,27)(H,29,30). The van der Waals surface area contributed by atoms with Crippen molar-refractivity contribution in [3.8, 4) is 17.3 Å². The molecule has 9 heteroatoms. The quantitative estimate of drug-likeness (QED) is 0.407. The molecule has 2 aromatic carbocycles. The maximum atomic E-state index is 11.7. The van der Waals surface area contributed by atoms with Crippen LogP contribution in [-0.2, 0) is 6.42 Å². The Bertz CT molecular complexity index is 1290. The number of methoxy groups -OCH3 is 2. The zero-order chi connectivity index (χ0) is 22.7. The summed E-state index contributed by atoms with van der Waals surface area (Å²) in [6, 6.07) is 14.3. The Hall–Kier alpha value is -3.78. The Morgan fingerprint density at radius 1 is 1.12 bits per heavy atom. The maximum absolute atomic E-state index is 11.7. The molecular formula is C23H21ClN4O4. The molecule has 32 heavy (non-hydrogen) atoms. The number of anilines is 1. The summed E-state index contributed by atoms with van der Waals surface area (Å²) in [5, 5.41) is 13.4. The van der Waals surface area contributed by atoms with E-state index in [9.17, 15) is 9.90 Å². The van der Waals surface area contributed by atoms with Gasteiger partial charge in [0.1, 0.15) is 23.5 Å². The molecule has 2 N–H and O–H groups in total. The lowest BCUT2D eigenvalue weighted by Crippen LogP contribution is -2.12. The lowest BCUT2D eigenvalue weighted by Gasteiger charge is -2.12. The fraction of sp³-hybridized carbons (Fsp3) is 0.174. The number of carboxylic acids is 1. The summed E-state index contributed by atoms with van der Waals surface area (Å²) >= 11 is 6.04. The maximum Gasteiger partial charge on any atom is 0.339 e. The first-order valence-electron chi connectivity index (χ1n) is 9.82. The van der Waals surface area contributed by atoms with E-state index in [1.807, 2.05) is 24.3 Å². The van der Waals surface area contributed by atoms with E-state index >= 15 is 0 Å². The van der Waals surface area contributed by atoms with Crippen molar-refractivity contribution in [2.24, 2.45) is 0 Å². The molecule has 2 heterocycles. The number of rotatable bonds is 8. The number of hydrogen-bond donors (Lipinski definition) is 2. The van der Waals surface area contributed by atoms with Crippen molar-refractivity contribution in [3.05, 3.63) is 71.0 Å². The average molecular weight is 453 g/mol. The van der Waals surface area contributed by atoms with Crippen molar-refractivity contribution in [2.75, 3.05) is 26.1 Å². The summed E-state index contributed by atoms with van der Waals surface area (Å²) in [4.78, 5) is 20.7. The van der Waals surface area contributed by atoms with Crippen LogP contribution in [0.25, 0.3) is 16.9 Å². The monoisotopic (exact) mass is 452 g/mol. The molecule has 4 aromatic rings. The van der Waals surface area contributed by atoms with Gasteiger partial charge in [-0.25, -0.2) is 14.8 Å². The number of aromatic nitrogens is 3. The molecule has 164 valence electrons. The van der Waals surface area contributed by atoms with Gasteiger partial charge in [0.25, 0.3) is 0 Å². The molecule has 0 atom stereocenters. The lowest BCUT2D eigenvalue weighted by molar-refractivity contribution is 0.0697. The zero-order valence-electron chi connectivity index (χ0n) is 17.5. The highest BCUT2D eigenvalue weighted by Gasteiger charge is 2.16. The molecule has 0 aliphatic heterocycles. The highest BCUT2D eigenvalue weighted by molar-refractivity contribution is 6.30. The van der Waals surface area contributed by atoms with Crippen molar-refractivity contribution in [1.29, 1.82) is 0 Å². The number of nitrogens with one attached hydrogen (secondary N) is 1. The molecule has 0 aliphatic rings. The molecule has 0 amide bonds. The predicted molar refractivity (Wildman–Crippen MR) is 123 cm³/mol. The first-order chi connectivity index (χ1) is 15.5. The van der Waals surface area contributed by atoms with Crippen molar-refractivity contribution in [1.82, 2.24) is 14.5 Å². The second-order valence-electron chi connectivity index (χ2n) is 6.99. The number of benzene rings is 2. The number of pyridine rings is 1. The van der Waals surface area contributed by atoms with Crippen molar-refractivity contribution < 1.29 is 19.4 Å². The highest BCUT2D eigenvalue weighted by Crippen LogP contribution is 2.32. The molecule has 0 radical (unpaired) electrons. The number of ether oxygens (including phenoxy) is 2. The van der Waals surface area contributed by atoms with Crippen LogP contribution in [0.1, 0.15) is 15.9 Å². The number of halogens is 1. The lowest BCUT2D eigenvalue weighted by atomic mass is 10.1. The van der Waals surface area contributed by atoms with Crippen LogP contribution in [0.15, 0.2) is 54.9 Å². The number of carboxylic acid groups (broad SMARTS) is 1. The fourth-order valence-corrected chi connectivity index (χ4v) is 3.64. The minimum atomic E-state index is -1.06. The Kier molecular flexibility index (Phi) is 6.13. The van der Waals surface area contributed by atoms with Gasteiger partial charge in [-0.15, -0.1) is 0 Å². The molecule has 2 aromatic heterocycles. The predicted octanol–water partition coefficient (Wildman–Crippen LogP) is 4.44. The van der Waals surface area contributed by atoms with E-state index in [1.54, 1.807) is 43.3 Å². The number of fused-ring (bicyclic) bond motifs is 1. The van der Waals surface area contributed by atoms with Crippen LogP contribution in [0.5, 0.6) is 11.5 Å². The van der Waals surface area contributed by atoms with Gasteiger partial charge in [0.2, 0.25) is 0 Å². The van der Waals surface area contributed by atoms with Crippen molar-refractivity contribution >= 4 is 34.4 Å². The van der Waals surface area contributed by atoms with Gasteiger partial charge < -0.3 is 19.9 Å². The number of hydrogen-bond acceptors (Lipinski definition) is 6. The SMILES string of the molecule is COc1cc2ncn(-c3ccc(C(=O)O)c(NCCc4cccc(Cl)c4)n3)c2cc1OC. The van der Waals surface area contributed by atoms with Crippen LogP contribution < -0.4 is 14.8 Å². The largest absolute Gasteiger partial charge is 0.493 e. The third-order valence-electron chi connectivity index (χ3n) is 5.01. The van der Waals surface area contributed by atoms with Crippen LogP contribution in [0, 0.1) is 0 Å². The van der Waals surface area contributed by atoms with E-state index in [-0.39, 0.29) is 11.4 Å². The smallest absolute Gasteiger partial charge is 0.339 e. The molecule has 0 spiro atoms. The fourth-order valence-electron chi connectivity index (χ4n) is 3.43. The van der Waals surface area contributed by atoms with Gasteiger partial charge in [-0.1, -0.05) is 23.7 Å². The normalized spacial score (nSPS) is 10.8. The van der Waals surface area contributed by atoms with Gasteiger partial charge in [0.05, 0.1) is 25.3 Å². The van der Waals surface area contributed by atoms with Crippen molar-refractivity contribution in [3.63, 3.8) is 0 Å². The van der Waals surface area contributed by atoms with Crippen LogP contribution in [-0.4, -0.2) is 46.4 Å². The molecule has 8 nitrogen and oxygen atoms in total. The number of imidazole rings is 1. The van der Waals surface area contributed by atoms with E-state index in [0.717, 1.165) is 11.1 Å². The molecule has 0 unspecified atom stereocenters. The van der Waals surface area contributed by atoms with Gasteiger partial charge in [-0.05, 0) is 36.2 Å². The highest BCUT2D eigenvalue weighted by atomic mass is 35.5. The Labute approximate surface area is 189 Å². The first kappa shape index (κ1) is 21.5. The van der Waals surface area contributed by atoms with Gasteiger partial charge in [0.15, 0.2) is 11.5 Å². The molecule has 4 rings (SSSR count). The van der Waals surface area contributed by atoms with Gasteiger partial charge >= 0.3 is 5.97 Å². The van der Waals surface area contributed by atoms with Crippen LogP contribution in [0.2, 0.25) is 5.02 Å². The number of nitrogens with zero attached hydrogens (tertiary/aromatic N) is 3. The molecule has 0 aliphatic carbocycles. The topological polar surface area (TPSA) is 98.5 Å². The van der Waals surface area contributed by atoms with Gasteiger partial charge in [-0.2, -0.15) is 0 Å². The summed E-state index contributed by atoms with van der Waals surface area (Å²) in [5.41, 5.74) is 2.58. The minimum absolute atomic E-state index is 0.0866. The number of carbonyl (C=O) groups is 1. The molecule has 0 saturated heterocycles. The molecule has 0 bridgehead atoms. The minimum Gasteiger partial charge on any atom is -0.493 e. The first-order valence-corrected chi connectivity index (χ1v) is 10.2. The van der Waals surface area contributed by atoms with Gasteiger partial charge in [-0.3, -0.25) is 4.57 Å². The summed E-state index contributed by atoms with van der Waals surface area (Å²) in [7, 11) is 3.13. The molecule has 0 fully saturated rings. The Morgan fingerprint density at radius 3 is 2.62 bits per heavy atom. The average Bonchev–Trinajstić information content (AvgIpc) is 3.20. The van der Waals surface area contributed by atoms with E-state index < -0.39 is 5.97 Å². The van der Waals surface area contributed by atoms with Crippen LogP contribution in [0.3, 0.4) is 0 Å². The molecular weight excluding hydrogens is 432 g/mol. The van der Waals surface area contributed by atoms with E-state index in [2.05, 4.69) is 15.3 Å². The summed E-state index contributed by atoms with van der Waals surface area (Å²) in [5.74, 6) is 0.872. The third-order valence-corrected chi connectivity index (χ3v) is 5.24. The zero-order valence-corrected chi connectivity index (χ0v) is 18.3. The van der Waals surface area contributed by atoms with Gasteiger partial charge in [0, 0.05) is 23.7 Å². The second kappa shape index (κ2) is 9.15. The summed E-state index contributed by atoms with van der Waals surface area (Å²) in [6.45, 7) is 0.493. The number of aromatic carboxylic acids is 1. The van der Waals surface area contributed by atoms with Crippen molar-refractivity contribution in [2.45, 2.75) is 6.42 Å². The van der Waals surface area contributed by atoms with Crippen LogP contribution >= 0.6 is 11.6 Å². The van der Waals surface area contributed by atoms with E-state index in [0.29, 0.717) is 40.8 Å². The molecule has 0 saturated carbocycles. The summed E-state index contributed by atoms with van der Waals surface area (Å²) < 4.78 is 12.5. The third kappa shape index (κ3) is 4.31. The van der Waals surface area contributed by atoms with E-state index in [1.165, 1.54) is 6.07 Å². The van der Waals surface area contributed by atoms with E-state index in [4.69, 9.17) is 21.1 Å². The second-order valence-corrected chi connectivity index (χ2v) is 7.42. The van der Waals surface area contributed by atoms with Crippen LogP contribution in [0.4, 0.5) is 5.82 Å². The summed E-state index contributed by atoms with van der Waals surface area (Å²) in [6.07, 6.45) is 2.29. The Balaban J connectivity index is 1.66.